The molecule has 0 fully saturated rings. The van der Waals surface area contributed by atoms with Crippen LogP contribution in [0.25, 0.3) is 11.0 Å². The second-order valence-corrected chi connectivity index (χ2v) is 5.60. The van der Waals surface area contributed by atoms with E-state index in [1.807, 2.05) is 6.07 Å². The number of carbonyl (C=O) groups is 1. The van der Waals surface area contributed by atoms with Crippen LogP contribution in [0.1, 0.15) is 30.1 Å². The van der Waals surface area contributed by atoms with Gasteiger partial charge in [0, 0.05) is 29.3 Å². The van der Waals surface area contributed by atoms with Crippen molar-refractivity contribution in [1.82, 2.24) is 15.3 Å². The van der Waals surface area contributed by atoms with Crippen molar-refractivity contribution in [3.63, 3.8) is 0 Å². The van der Waals surface area contributed by atoms with Gasteiger partial charge >= 0.3 is 0 Å². The minimum atomic E-state index is -0.0663. The number of nitrogens with zero attached hydrogens (tertiary/aromatic N) is 2. The highest BCUT2D eigenvalue weighted by Gasteiger charge is 2.07. The van der Waals surface area contributed by atoms with Crippen molar-refractivity contribution in [2.75, 3.05) is 6.54 Å². The van der Waals surface area contributed by atoms with Crippen molar-refractivity contribution in [1.29, 1.82) is 0 Å². The van der Waals surface area contributed by atoms with E-state index in [1.165, 1.54) is 0 Å². The Morgan fingerprint density at radius 2 is 2.05 bits per heavy atom. The van der Waals surface area contributed by atoms with Crippen molar-refractivity contribution >= 4 is 32.9 Å². The minimum Gasteiger partial charge on any atom is -0.352 e. The SMILES string of the molecule is CCC(Br)CCNC(=O)c1ccc2nccnc2c1. The highest BCUT2D eigenvalue weighted by molar-refractivity contribution is 9.09. The number of rotatable bonds is 5. The third kappa shape index (κ3) is 3.73. The Labute approximate surface area is 120 Å². The van der Waals surface area contributed by atoms with Gasteiger partial charge in [0.25, 0.3) is 5.91 Å². The van der Waals surface area contributed by atoms with Crippen LogP contribution in [-0.4, -0.2) is 27.2 Å². The van der Waals surface area contributed by atoms with E-state index < -0.39 is 0 Å². The van der Waals surface area contributed by atoms with Crippen LogP contribution in [0.15, 0.2) is 30.6 Å². The maximum atomic E-state index is 12.0. The van der Waals surface area contributed by atoms with E-state index in [9.17, 15) is 4.79 Å². The molecule has 2 aromatic rings. The van der Waals surface area contributed by atoms with E-state index in [0.29, 0.717) is 16.9 Å². The molecule has 1 unspecified atom stereocenters. The quantitative estimate of drug-likeness (QED) is 0.861. The Balaban J connectivity index is 2.01. The first-order valence-corrected chi connectivity index (χ1v) is 7.25. The zero-order valence-corrected chi connectivity index (χ0v) is 12.4. The lowest BCUT2D eigenvalue weighted by atomic mass is 10.1. The standard InChI is InChI=1S/C14H16BrN3O/c1-2-11(15)5-6-18-14(19)10-3-4-12-13(9-10)17-8-7-16-12/h3-4,7-9,11H,2,5-6H2,1H3,(H,18,19). The van der Waals surface area contributed by atoms with Crippen LogP contribution in [0.4, 0.5) is 0 Å². The van der Waals surface area contributed by atoms with Crippen molar-refractivity contribution in [2.45, 2.75) is 24.6 Å². The van der Waals surface area contributed by atoms with Crippen LogP contribution < -0.4 is 5.32 Å². The molecule has 0 spiro atoms. The number of hydrogen-bond acceptors (Lipinski definition) is 3. The van der Waals surface area contributed by atoms with Crippen molar-refractivity contribution < 1.29 is 4.79 Å². The molecule has 1 aromatic heterocycles. The smallest absolute Gasteiger partial charge is 0.251 e. The maximum Gasteiger partial charge on any atom is 0.251 e. The van der Waals surface area contributed by atoms with Crippen LogP contribution in [0.3, 0.4) is 0 Å². The van der Waals surface area contributed by atoms with Crippen LogP contribution in [0.2, 0.25) is 0 Å². The van der Waals surface area contributed by atoms with Gasteiger partial charge in [-0.2, -0.15) is 0 Å². The zero-order valence-electron chi connectivity index (χ0n) is 10.8. The van der Waals surface area contributed by atoms with Gasteiger partial charge in [0.2, 0.25) is 0 Å². The Morgan fingerprint density at radius 1 is 1.32 bits per heavy atom. The normalized spacial score (nSPS) is 12.3. The topological polar surface area (TPSA) is 54.9 Å². The molecule has 100 valence electrons. The number of benzene rings is 1. The number of alkyl halides is 1. The first kappa shape index (κ1) is 13.9. The van der Waals surface area contributed by atoms with Gasteiger partial charge < -0.3 is 5.32 Å². The summed E-state index contributed by atoms with van der Waals surface area (Å²) in [5.41, 5.74) is 2.16. The van der Waals surface area contributed by atoms with Gasteiger partial charge in [-0.05, 0) is 31.0 Å². The van der Waals surface area contributed by atoms with E-state index >= 15 is 0 Å². The summed E-state index contributed by atoms with van der Waals surface area (Å²) in [6, 6.07) is 5.36. The molecule has 5 heteroatoms. The summed E-state index contributed by atoms with van der Waals surface area (Å²) in [7, 11) is 0. The largest absolute Gasteiger partial charge is 0.352 e. The summed E-state index contributed by atoms with van der Waals surface area (Å²) in [4.78, 5) is 20.8. The van der Waals surface area contributed by atoms with Crippen LogP contribution >= 0.6 is 15.9 Å². The second-order valence-electron chi connectivity index (χ2n) is 4.31. The van der Waals surface area contributed by atoms with E-state index in [1.54, 1.807) is 24.5 Å². The average Bonchev–Trinajstić information content (AvgIpc) is 2.46. The molecule has 2 rings (SSSR count). The molecule has 1 aromatic carbocycles. The van der Waals surface area contributed by atoms with E-state index in [4.69, 9.17) is 0 Å². The number of aromatic nitrogens is 2. The fourth-order valence-electron chi connectivity index (χ4n) is 1.75. The lowest BCUT2D eigenvalue weighted by molar-refractivity contribution is 0.0953. The Kier molecular flexibility index (Phi) is 4.85. The van der Waals surface area contributed by atoms with Crippen LogP contribution in [-0.2, 0) is 0 Å². The highest BCUT2D eigenvalue weighted by atomic mass is 79.9. The fraction of sp³-hybridized carbons (Fsp3) is 0.357. The molecule has 1 atom stereocenters. The predicted molar refractivity (Wildman–Crippen MR) is 79.5 cm³/mol. The van der Waals surface area contributed by atoms with Gasteiger partial charge in [-0.25, -0.2) is 0 Å². The van der Waals surface area contributed by atoms with Gasteiger partial charge in [0.15, 0.2) is 0 Å². The molecular weight excluding hydrogens is 306 g/mol. The lowest BCUT2D eigenvalue weighted by Crippen LogP contribution is -2.25. The van der Waals surface area contributed by atoms with E-state index in [2.05, 4.69) is 38.1 Å². The van der Waals surface area contributed by atoms with E-state index in [-0.39, 0.29) is 5.91 Å². The number of fused-ring (bicyclic) bond motifs is 1. The molecule has 1 heterocycles. The van der Waals surface area contributed by atoms with Crippen molar-refractivity contribution in [3.8, 4) is 0 Å². The third-order valence-corrected chi connectivity index (χ3v) is 4.02. The first-order chi connectivity index (χ1) is 9.20. The molecule has 4 nitrogen and oxygen atoms in total. The Hall–Kier alpha value is -1.49. The van der Waals surface area contributed by atoms with Gasteiger partial charge in [0.05, 0.1) is 11.0 Å². The molecule has 0 aliphatic carbocycles. The number of nitrogens with one attached hydrogen (secondary N) is 1. The third-order valence-electron chi connectivity index (χ3n) is 2.92. The molecule has 0 saturated carbocycles. The number of halogens is 1. The summed E-state index contributed by atoms with van der Waals surface area (Å²) < 4.78 is 0. The monoisotopic (exact) mass is 321 g/mol. The van der Waals surface area contributed by atoms with Crippen LogP contribution in [0, 0.1) is 0 Å². The molecule has 0 bridgehead atoms. The fourth-order valence-corrected chi connectivity index (χ4v) is 1.98. The molecule has 0 radical (unpaired) electrons. The summed E-state index contributed by atoms with van der Waals surface area (Å²) in [5.74, 6) is -0.0663. The zero-order chi connectivity index (χ0) is 13.7. The van der Waals surface area contributed by atoms with Crippen molar-refractivity contribution in [2.24, 2.45) is 0 Å². The number of amides is 1. The second kappa shape index (κ2) is 6.61. The summed E-state index contributed by atoms with van der Waals surface area (Å²) in [6.07, 6.45) is 5.25. The first-order valence-electron chi connectivity index (χ1n) is 6.33. The Bertz CT molecular complexity index is 573. The molecule has 1 N–H and O–H groups in total. The van der Waals surface area contributed by atoms with E-state index in [0.717, 1.165) is 23.9 Å². The Morgan fingerprint density at radius 3 is 2.79 bits per heavy atom. The van der Waals surface area contributed by atoms with Crippen LogP contribution in [0.5, 0.6) is 0 Å². The highest BCUT2D eigenvalue weighted by Crippen LogP contribution is 2.11. The molecular formula is C14H16BrN3O. The van der Waals surface area contributed by atoms with Gasteiger partial charge in [-0.3, -0.25) is 14.8 Å². The maximum absolute atomic E-state index is 12.0. The molecule has 19 heavy (non-hydrogen) atoms. The summed E-state index contributed by atoms with van der Waals surface area (Å²) >= 11 is 3.55. The summed E-state index contributed by atoms with van der Waals surface area (Å²) in [5, 5.41) is 2.91. The predicted octanol–water partition coefficient (Wildman–Crippen LogP) is 2.92. The molecule has 0 aliphatic rings. The van der Waals surface area contributed by atoms with Gasteiger partial charge in [-0.1, -0.05) is 22.9 Å². The molecule has 0 aliphatic heterocycles. The van der Waals surface area contributed by atoms with Gasteiger partial charge in [-0.15, -0.1) is 0 Å². The van der Waals surface area contributed by atoms with Gasteiger partial charge in [0.1, 0.15) is 0 Å². The minimum absolute atomic E-state index is 0.0663. The number of hydrogen-bond donors (Lipinski definition) is 1. The molecule has 0 saturated heterocycles. The average molecular weight is 322 g/mol. The summed E-state index contributed by atoms with van der Waals surface area (Å²) in [6.45, 7) is 2.78. The lowest BCUT2D eigenvalue weighted by Gasteiger charge is -2.08. The molecule has 1 amide bonds. The number of carbonyl (C=O) groups excluding carboxylic acids is 1. The van der Waals surface area contributed by atoms with Crippen molar-refractivity contribution in [3.05, 3.63) is 36.2 Å².